The van der Waals surface area contributed by atoms with Gasteiger partial charge in [-0.2, -0.15) is 9.40 Å². The maximum absolute atomic E-state index is 12.7. The molecule has 2 heterocycles. The van der Waals surface area contributed by atoms with Gasteiger partial charge in [0.05, 0.1) is 11.4 Å². The Morgan fingerprint density at radius 1 is 1.21 bits per heavy atom. The lowest BCUT2D eigenvalue weighted by atomic mass is 9.86. The summed E-state index contributed by atoms with van der Waals surface area (Å²) >= 11 is 0. The number of allylic oxidation sites excluding steroid dienone is 2. The molecule has 2 aliphatic rings. The van der Waals surface area contributed by atoms with Crippen molar-refractivity contribution in [3.63, 3.8) is 0 Å². The van der Waals surface area contributed by atoms with Gasteiger partial charge in [-0.1, -0.05) is 12.2 Å². The van der Waals surface area contributed by atoms with Crippen LogP contribution in [-0.4, -0.2) is 36.0 Å². The van der Waals surface area contributed by atoms with E-state index in [2.05, 4.69) is 22.3 Å². The monoisotopic (exact) mass is 281 g/mol. The van der Waals surface area contributed by atoms with Crippen LogP contribution in [0.25, 0.3) is 0 Å². The molecule has 1 aromatic heterocycles. The van der Waals surface area contributed by atoms with Crippen molar-refractivity contribution in [3.8, 4) is 0 Å². The molecule has 1 saturated heterocycles. The highest BCUT2D eigenvalue weighted by Gasteiger charge is 2.40. The average molecular weight is 281 g/mol. The molecule has 0 aromatic carbocycles. The summed E-state index contributed by atoms with van der Waals surface area (Å²) in [6, 6.07) is 0. The van der Waals surface area contributed by atoms with Crippen LogP contribution in [-0.2, 0) is 10.0 Å². The van der Waals surface area contributed by atoms with E-state index in [4.69, 9.17) is 0 Å². The minimum atomic E-state index is -3.40. The molecular weight excluding hydrogens is 262 g/mol. The van der Waals surface area contributed by atoms with Gasteiger partial charge in [-0.05, 0) is 38.5 Å². The van der Waals surface area contributed by atoms with E-state index >= 15 is 0 Å². The Hall–Kier alpha value is -1.14. The van der Waals surface area contributed by atoms with Gasteiger partial charge in [-0.25, -0.2) is 8.42 Å². The van der Waals surface area contributed by atoms with Crippen LogP contribution in [0.1, 0.15) is 24.2 Å². The molecule has 6 heteroatoms. The molecule has 19 heavy (non-hydrogen) atoms. The highest BCUT2D eigenvalue weighted by molar-refractivity contribution is 7.89. The quantitative estimate of drug-likeness (QED) is 0.838. The SMILES string of the molecule is Cc1n[nH]c(C)c1S(=O)(=O)N1CC2CC=CCC2C1. The number of fused-ring (bicyclic) bond motifs is 1. The fourth-order valence-corrected chi connectivity index (χ4v) is 5.10. The smallest absolute Gasteiger partial charge is 0.246 e. The molecular formula is C13H19N3O2S. The fraction of sp³-hybridized carbons (Fsp3) is 0.615. The van der Waals surface area contributed by atoms with Crippen molar-refractivity contribution >= 4 is 10.0 Å². The number of H-pyrrole nitrogens is 1. The van der Waals surface area contributed by atoms with Crippen molar-refractivity contribution in [2.45, 2.75) is 31.6 Å². The number of aromatic nitrogens is 2. The predicted octanol–water partition coefficient (Wildman–Crippen LogP) is 1.61. The average Bonchev–Trinajstić information content (AvgIpc) is 2.93. The predicted molar refractivity (Wildman–Crippen MR) is 72.2 cm³/mol. The summed E-state index contributed by atoms with van der Waals surface area (Å²) < 4.78 is 27.1. The molecule has 0 spiro atoms. The number of aryl methyl sites for hydroxylation is 2. The van der Waals surface area contributed by atoms with Crippen LogP contribution in [0.5, 0.6) is 0 Å². The molecule has 0 bridgehead atoms. The van der Waals surface area contributed by atoms with Gasteiger partial charge in [-0.15, -0.1) is 0 Å². The normalized spacial score (nSPS) is 27.7. The Morgan fingerprint density at radius 3 is 2.26 bits per heavy atom. The number of aromatic amines is 1. The standard InChI is InChI=1S/C13H19N3O2S/c1-9-13(10(2)15-14-9)19(17,18)16-7-11-5-3-4-6-12(11)8-16/h3-4,11-12H,5-8H2,1-2H3,(H,14,15). The maximum atomic E-state index is 12.7. The third kappa shape index (κ3) is 2.03. The Balaban J connectivity index is 1.91. The highest BCUT2D eigenvalue weighted by Crippen LogP contribution is 2.36. The lowest BCUT2D eigenvalue weighted by Gasteiger charge is -2.18. The Labute approximate surface area is 113 Å². The first kappa shape index (κ1) is 12.9. The molecule has 0 saturated carbocycles. The van der Waals surface area contributed by atoms with Crippen LogP contribution in [0.2, 0.25) is 0 Å². The summed E-state index contributed by atoms with van der Waals surface area (Å²) in [7, 11) is -3.40. The van der Waals surface area contributed by atoms with E-state index in [0.717, 1.165) is 12.8 Å². The van der Waals surface area contributed by atoms with Gasteiger partial charge in [0, 0.05) is 13.1 Å². The summed E-state index contributed by atoms with van der Waals surface area (Å²) in [6.07, 6.45) is 6.34. The van der Waals surface area contributed by atoms with E-state index in [0.29, 0.717) is 41.2 Å². The van der Waals surface area contributed by atoms with E-state index in [-0.39, 0.29) is 0 Å². The van der Waals surface area contributed by atoms with Gasteiger partial charge in [0.1, 0.15) is 4.90 Å². The van der Waals surface area contributed by atoms with Crippen LogP contribution in [0.15, 0.2) is 17.0 Å². The zero-order valence-corrected chi connectivity index (χ0v) is 12.1. The minimum absolute atomic E-state index is 0.360. The van der Waals surface area contributed by atoms with Gasteiger partial charge in [0.15, 0.2) is 0 Å². The molecule has 104 valence electrons. The van der Waals surface area contributed by atoms with Gasteiger partial charge in [0.25, 0.3) is 0 Å². The molecule has 3 rings (SSSR count). The van der Waals surface area contributed by atoms with E-state index in [1.165, 1.54) is 0 Å². The van der Waals surface area contributed by atoms with Crippen LogP contribution >= 0.6 is 0 Å². The Morgan fingerprint density at radius 2 is 1.79 bits per heavy atom. The molecule has 0 amide bonds. The second-order valence-electron chi connectivity index (χ2n) is 5.55. The number of hydrogen-bond acceptors (Lipinski definition) is 3. The largest absolute Gasteiger partial charge is 0.281 e. The van der Waals surface area contributed by atoms with Gasteiger partial charge >= 0.3 is 0 Å². The van der Waals surface area contributed by atoms with Gasteiger partial charge in [-0.3, -0.25) is 5.10 Å². The molecule has 1 aliphatic carbocycles. The van der Waals surface area contributed by atoms with Crippen molar-refractivity contribution in [2.75, 3.05) is 13.1 Å². The van der Waals surface area contributed by atoms with Gasteiger partial charge < -0.3 is 0 Å². The number of rotatable bonds is 2. The molecule has 1 fully saturated rings. The van der Waals surface area contributed by atoms with Crippen molar-refractivity contribution in [3.05, 3.63) is 23.5 Å². The van der Waals surface area contributed by atoms with Crippen LogP contribution < -0.4 is 0 Å². The summed E-state index contributed by atoms with van der Waals surface area (Å²) in [5.74, 6) is 0.958. The van der Waals surface area contributed by atoms with Crippen molar-refractivity contribution in [2.24, 2.45) is 11.8 Å². The van der Waals surface area contributed by atoms with Gasteiger partial charge in [0.2, 0.25) is 10.0 Å². The molecule has 1 aliphatic heterocycles. The summed E-state index contributed by atoms with van der Waals surface area (Å²) in [5, 5.41) is 6.76. The molecule has 2 unspecified atom stereocenters. The first-order chi connectivity index (χ1) is 9.00. The van der Waals surface area contributed by atoms with Crippen LogP contribution in [0.3, 0.4) is 0 Å². The maximum Gasteiger partial charge on any atom is 0.246 e. The topological polar surface area (TPSA) is 66.1 Å². The molecule has 5 nitrogen and oxygen atoms in total. The number of sulfonamides is 1. The lowest BCUT2D eigenvalue weighted by Crippen LogP contribution is -2.30. The van der Waals surface area contributed by atoms with Crippen molar-refractivity contribution < 1.29 is 8.42 Å². The van der Waals surface area contributed by atoms with E-state index < -0.39 is 10.0 Å². The van der Waals surface area contributed by atoms with Crippen molar-refractivity contribution in [1.82, 2.24) is 14.5 Å². The first-order valence-corrected chi connectivity index (χ1v) is 8.11. The van der Waals surface area contributed by atoms with Crippen LogP contribution in [0.4, 0.5) is 0 Å². The number of hydrogen-bond donors (Lipinski definition) is 1. The summed E-state index contributed by atoms with van der Waals surface area (Å²) in [5.41, 5.74) is 1.19. The zero-order valence-electron chi connectivity index (χ0n) is 11.3. The second-order valence-corrected chi connectivity index (χ2v) is 7.42. The first-order valence-electron chi connectivity index (χ1n) is 6.67. The van der Waals surface area contributed by atoms with E-state index in [1.807, 2.05) is 0 Å². The summed E-state index contributed by atoms with van der Waals surface area (Å²) in [4.78, 5) is 0.360. The second kappa shape index (κ2) is 4.45. The molecule has 0 radical (unpaired) electrons. The molecule has 2 atom stereocenters. The van der Waals surface area contributed by atoms with Crippen molar-refractivity contribution in [1.29, 1.82) is 0 Å². The Kier molecular flexibility index (Phi) is 3.02. The third-order valence-corrected chi connectivity index (χ3v) is 6.34. The van der Waals surface area contributed by atoms with E-state index in [9.17, 15) is 8.42 Å². The van der Waals surface area contributed by atoms with E-state index in [1.54, 1.807) is 18.2 Å². The minimum Gasteiger partial charge on any atom is -0.281 e. The zero-order chi connectivity index (χ0) is 13.6. The fourth-order valence-electron chi connectivity index (χ4n) is 3.22. The number of nitrogens with one attached hydrogen (secondary N) is 1. The lowest BCUT2D eigenvalue weighted by molar-refractivity contribution is 0.411. The number of nitrogens with zero attached hydrogens (tertiary/aromatic N) is 2. The molecule has 1 N–H and O–H groups in total. The molecule has 1 aromatic rings. The van der Waals surface area contributed by atoms with Crippen LogP contribution in [0, 0.1) is 25.7 Å². The summed E-state index contributed by atoms with van der Waals surface area (Å²) in [6.45, 7) is 4.78. The third-order valence-electron chi connectivity index (χ3n) is 4.25. The Bertz CT molecular complexity index is 582. The highest BCUT2D eigenvalue weighted by atomic mass is 32.2.